The van der Waals surface area contributed by atoms with Gasteiger partial charge in [-0.2, -0.15) is 0 Å². The molecule has 0 radical (unpaired) electrons. The minimum absolute atomic E-state index is 0.0876. The van der Waals surface area contributed by atoms with Crippen LogP contribution in [0.2, 0.25) is 18.1 Å². The molecule has 282 valence electrons. The predicted molar refractivity (Wildman–Crippen MR) is 187 cm³/mol. The first-order valence-corrected chi connectivity index (χ1v) is 18.7. The van der Waals surface area contributed by atoms with E-state index in [1.165, 1.54) is 36.4 Å². The Morgan fingerprint density at radius 2 is 0.849 bits per heavy atom. The number of carbonyl (C=O) groups excluding carboxylic acids is 3. The number of nitrogens with one attached hydrogen (secondary N) is 3. The normalized spacial score (nSPS) is 11.7. The van der Waals surface area contributed by atoms with Crippen LogP contribution in [0.1, 0.15) is 56.7 Å². The van der Waals surface area contributed by atoms with E-state index < -0.39 is 62.4 Å². The monoisotopic (exact) mass is 763 g/mol. The lowest BCUT2D eigenvalue weighted by atomic mass is 10.2. The van der Waals surface area contributed by atoms with Gasteiger partial charge in [0.2, 0.25) is 0 Å². The van der Waals surface area contributed by atoms with Gasteiger partial charge < -0.3 is 18.6 Å². The number of alkyl halides is 6. The molecule has 0 bridgehead atoms. The molecule has 0 atom stereocenters. The maximum absolute atomic E-state index is 13.1. The molecule has 53 heavy (non-hydrogen) atoms. The first kappa shape index (κ1) is 40.1. The molecular formula is C36H35F6N3O7Si. The zero-order chi connectivity index (χ0) is 39.1. The summed E-state index contributed by atoms with van der Waals surface area (Å²) in [4.78, 5) is 39.2. The lowest BCUT2D eigenvalue weighted by molar-refractivity contribution is 0.151. The van der Waals surface area contributed by atoms with Gasteiger partial charge in [-0.15, -0.1) is 0 Å². The van der Waals surface area contributed by atoms with Crippen molar-refractivity contribution in [1.82, 2.24) is 0 Å². The fourth-order valence-corrected chi connectivity index (χ4v) is 5.16. The molecule has 4 rings (SSSR count). The molecule has 17 heteroatoms. The van der Waals surface area contributed by atoms with E-state index >= 15 is 0 Å². The molecule has 0 heterocycles. The van der Waals surface area contributed by atoms with E-state index in [-0.39, 0.29) is 45.3 Å². The van der Waals surface area contributed by atoms with Gasteiger partial charge in [0.05, 0.1) is 0 Å². The van der Waals surface area contributed by atoms with Crippen molar-refractivity contribution < 1.29 is 59.4 Å². The molecule has 10 nitrogen and oxygen atoms in total. The summed E-state index contributed by atoms with van der Waals surface area (Å²) in [5, 5.41) is 6.68. The van der Waals surface area contributed by atoms with Crippen molar-refractivity contribution in [1.29, 1.82) is 0 Å². The highest BCUT2D eigenvalue weighted by Gasteiger charge is 2.41. The third kappa shape index (κ3) is 11.1. The zero-order valence-corrected chi connectivity index (χ0v) is 29.9. The molecule has 0 aliphatic rings. The van der Waals surface area contributed by atoms with Gasteiger partial charge in [-0.05, 0) is 54.5 Å². The van der Waals surface area contributed by atoms with Crippen molar-refractivity contribution in [3.63, 3.8) is 0 Å². The van der Waals surface area contributed by atoms with Crippen molar-refractivity contribution >= 4 is 43.7 Å². The van der Waals surface area contributed by atoms with Crippen LogP contribution < -0.4 is 34.6 Å². The number of amides is 3. The van der Waals surface area contributed by atoms with Crippen molar-refractivity contribution in [3.8, 4) is 23.0 Å². The minimum atomic E-state index is -2.85. The lowest BCUT2D eigenvalue weighted by Gasteiger charge is -2.37. The van der Waals surface area contributed by atoms with Gasteiger partial charge in [-0.25, -0.2) is 40.7 Å². The van der Waals surface area contributed by atoms with Gasteiger partial charge in [0, 0.05) is 45.9 Å². The Morgan fingerprint density at radius 1 is 0.547 bits per heavy atom. The molecule has 0 aliphatic carbocycles. The number of hydrogen-bond acceptors (Lipinski definition) is 7. The number of rotatable bonds is 11. The van der Waals surface area contributed by atoms with Crippen molar-refractivity contribution in [2.75, 3.05) is 16.0 Å². The summed E-state index contributed by atoms with van der Waals surface area (Å²) in [6, 6.07) is 16.1. The maximum Gasteiger partial charge on any atom is 0.417 e. The molecule has 4 aromatic carbocycles. The summed E-state index contributed by atoms with van der Waals surface area (Å²) in [6.45, 7) is 9.39. The Kier molecular flexibility index (Phi) is 12.7. The van der Waals surface area contributed by atoms with Crippen LogP contribution in [-0.2, 0) is 0 Å². The highest BCUT2D eigenvalue weighted by atomic mass is 28.4. The lowest BCUT2D eigenvalue weighted by Crippen LogP contribution is -2.44. The molecule has 3 N–H and O–H groups in total. The van der Waals surface area contributed by atoms with E-state index in [0.717, 1.165) is 48.5 Å². The Bertz CT molecular complexity index is 1820. The molecule has 0 fully saturated rings. The Labute approximate surface area is 301 Å². The SMILES string of the molecule is CC(C)(C)[Si](C)(C)Oc1c(OC(=O)Nc2ccc(C(F)F)cc2)cc(OC(=O)Nc2ccc(C(F)F)cc2)cc1OC(=O)Nc1ccc(C(F)F)cc1. The first-order chi connectivity index (χ1) is 24.8. The van der Waals surface area contributed by atoms with Crippen LogP contribution >= 0.6 is 0 Å². The summed E-state index contributed by atoms with van der Waals surface area (Å²) in [6.07, 6.45) is -11.6. The van der Waals surface area contributed by atoms with Crippen LogP contribution in [0.25, 0.3) is 0 Å². The molecule has 4 aromatic rings. The standard InChI is InChI=1S/C36H35F6N3O7Si/c1-36(2,3)53(4,5)52-29-27(50-34(47)44-24-14-8-21(9-15-24)31(39)40)18-26(49-33(46)43-23-12-6-20(7-13-23)30(37)38)19-28(29)51-35(48)45-25-16-10-22(11-17-25)32(41)42/h6-19,30-32H,1-5H3,(H,43,46)(H,44,47)(H,45,48). The van der Waals surface area contributed by atoms with E-state index in [0.29, 0.717) is 0 Å². The molecular weight excluding hydrogens is 728 g/mol. The van der Waals surface area contributed by atoms with Gasteiger partial charge >= 0.3 is 18.3 Å². The summed E-state index contributed by atoms with van der Waals surface area (Å²) in [5.41, 5.74) is -0.579. The van der Waals surface area contributed by atoms with Crippen LogP contribution in [-0.4, -0.2) is 26.6 Å². The number of hydrogen-bond donors (Lipinski definition) is 3. The number of ether oxygens (including phenoxy) is 3. The van der Waals surface area contributed by atoms with Crippen LogP contribution in [0.3, 0.4) is 0 Å². The van der Waals surface area contributed by atoms with Gasteiger partial charge in [0.25, 0.3) is 27.6 Å². The summed E-state index contributed by atoms with van der Waals surface area (Å²) >= 11 is 0. The topological polar surface area (TPSA) is 124 Å². The van der Waals surface area contributed by atoms with E-state index in [4.69, 9.17) is 18.6 Å². The smallest absolute Gasteiger partial charge is 0.417 e. The van der Waals surface area contributed by atoms with Crippen molar-refractivity contribution in [2.45, 2.75) is 58.2 Å². The molecule has 0 spiro atoms. The number of halogens is 6. The van der Waals surface area contributed by atoms with Gasteiger partial charge in [0.15, 0.2) is 17.2 Å². The fraction of sp³-hybridized carbons (Fsp3) is 0.250. The maximum atomic E-state index is 13.1. The van der Waals surface area contributed by atoms with E-state index in [1.54, 1.807) is 0 Å². The third-order valence-corrected chi connectivity index (χ3v) is 12.3. The Balaban J connectivity index is 1.72. The van der Waals surface area contributed by atoms with E-state index in [1.807, 2.05) is 33.9 Å². The average molecular weight is 764 g/mol. The molecule has 3 amide bonds. The number of benzene rings is 4. The fourth-order valence-electron chi connectivity index (χ4n) is 4.14. The van der Waals surface area contributed by atoms with Crippen LogP contribution in [0.15, 0.2) is 84.9 Å². The predicted octanol–water partition coefficient (Wildman–Crippen LogP) is 11.7. The third-order valence-electron chi connectivity index (χ3n) is 8.00. The van der Waals surface area contributed by atoms with Crippen LogP contribution in [0.5, 0.6) is 23.0 Å². The molecule has 0 aliphatic heterocycles. The largest absolute Gasteiger partial charge is 0.538 e. The average Bonchev–Trinajstić information content (AvgIpc) is 3.06. The van der Waals surface area contributed by atoms with Gasteiger partial charge in [-0.1, -0.05) is 57.2 Å². The van der Waals surface area contributed by atoms with E-state index in [9.17, 15) is 40.7 Å². The number of carbonyl (C=O) groups is 3. The summed E-state index contributed by atoms with van der Waals surface area (Å²) in [7, 11) is -2.85. The molecule has 0 aromatic heterocycles. The minimum Gasteiger partial charge on any atom is -0.538 e. The summed E-state index contributed by atoms with van der Waals surface area (Å²) in [5.74, 6) is -1.39. The van der Waals surface area contributed by atoms with Crippen LogP contribution in [0, 0.1) is 0 Å². The first-order valence-electron chi connectivity index (χ1n) is 15.8. The quantitative estimate of drug-likeness (QED) is 0.103. The van der Waals surface area contributed by atoms with Crippen molar-refractivity contribution in [2.24, 2.45) is 0 Å². The van der Waals surface area contributed by atoms with Crippen molar-refractivity contribution in [3.05, 3.63) is 102 Å². The van der Waals surface area contributed by atoms with Gasteiger partial charge in [0.1, 0.15) is 5.75 Å². The molecule has 0 saturated heterocycles. The highest BCUT2D eigenvalue weighted by molar-refractivity contribution is 6.74. The molecule has 0 saturated carbocycles. The number of anilines is 3. The second-order valence-corrected chi connectivity index (χ2v) is 17.6. The zero-order valence-electron chi connectivity index (χ0n) is 28.9. The molecule has 0 unspecified atom stereocenters. The second kappa shape index (κ2) is 16.7. The van der Waals surface area contributed by atoms with Gasteiger partial charge in [-0.3, -0.25) is 16.0 Å². The summed E-state index contributed by atoms with van der Waals surface area (Å²) < 4.78 is 101. The van der Waals surface area contributed by atoms with Crippen LogP contribution in [0.4, 0.5) is 57.8 Å². The highest BCUT2D eigenvalue weighted by Crippen LogP contribution is 2.47. The Morgan fingerprint density at radius 3 is 1.13 bits per heavy atom. The van der Waals surface area contributed by atoms with E-state index in [2.05, 4.69) is 16.0 Å². The second-order valence-electron chi connectivity index (χ2n) is 12.9. The Hall–Kier alpha value is -5.71.